The summed E-state index contributed by atoms with van der Waals surface area (Å²) < 4.78 is 18.7. The van der Waals surface area contributed by atoms with Crippen LogP contribution in [0.15, 0.2) is 0 Å². The molecule has 0 radical (unpaired) electrons. The van der Waals surface area contributed by atoms with Crippen LogP contribution in [-0.2, 0) is 9.53 Å². The van der Waals surface area contributed by atoms with E-state index >= 15 is 0 Å². The van der Waals surface area contributed by atoms with Crippen molar-refractivity contribution in [2.75, 3.05) is 6.61 Å². The maximum Gasteiger partial charge on any atom is 0.312 e. The summed E-state index contributed by atoms with van der Waals surface area (Å²) >= 11 is 0. The third kappa shape index (κ3) is 1.25. The van der Waals surface area contributed by atoms with Gasteiger partial charge in [-0.1, -0.05) is 0 Å². The molecule has 0 heterocycles. The Balaban J connectivity index is 2.11. The second-order valence-electron chi connectivity index (χ2n) is 4.33. The average molecular weight is 186 g/mol. The van der Waals surface area contributed by atoms with Gasteiger partial charge in [-0.25, -0.2) is 4.39 Å². The van der Waals surface area contributed by atoms with Crippen molar-refractivity contribution in [3.8, 4) is 0 Å². The molecule has 2 fully saturated rings. The highest BCUT2D eigenvalue weighted by atomic mass is 19.1. The Morgan fingerprint density at radius 2 is 2.00 bits per heavy atom. The highest BCUT2D eigenvalue weighted by molar-refractivity contribution is 5.78. The molecule has 2 nitrogen and oxygen atoms in total. The van der Waals surface area contributed by atoms with Gasteiger partial charge in [-0.15, -0.1) is 0 Å². The fourth-order valence-corrected chi connectivity index (χ4v) is 2.70. The SMILES string of the molecule is CCOC(=O)C12CCC(F)(CC1)C2. The van der Waals surface area contributed by atoms with E-state index in [-0.39, 0.29) is 5.97 Å². The molecule has 0 aromatic heterocycles. The maximum atomic E-state index is 13.7. The Kier molecular flexibility index (Phi) is 1.86. The van der Waals surface area contributed by atoms with Crippen LogP contribution in [0.1, 0.15) is 39.0 Å². The lowest BCUT2D eigenvalue weighted by molar-refractivity contribution is -0.154. The van der Waals surface area contributed by atoms with Gasteiger partial charge in [0.2, 0.25) is 0 Å². The third-order valence-corrected chi connectivity index (χ3v) is 3.47. The Morgan fingerprint density at radius 1 is 1.38 bits per heavy atom. The molecule has 0 aliphatic heterocycles. The summed E-state index contributed by atoms with van der Waals surface area (Å²) in [5, 5.41) is 0. The van der Waals surface area contributed by atoms with E-state index in [4.69, 9.17) is 4.74 Å². The molecule has 3 heteroatoms. The zero-order valence-electron chi connectivity index (χ0n) is 7.94. The van der Waals surface area contributed by atoms with Crippen molar-refractivity contribution in [2.24, 2.45) is 5.41 Å². The van der Waals surface area contributed by atoms with Gasteiger partial charge in [0, 0.05) is 0 Å². The molecule has 0 amide bonds. The number of halogens is 1. The van der Waals surface area contributed by atoms with Crippen molar-refractivity contribution in [3.63, 3.8) is 0 Å². The number of fused-ring (bicyclic) bond motifs is 2. The van der Waals surface area contributed by atoms with Crippen LogP contribution in [0, 0.1) is 5.41 Å². The standard InChI is InChI=1S/C10H15FO2/c1-2-13-8(12)9-3-5-10(11,7-9)6-4-9/h2-7H2,1H3. The van der Waals surface area contributed by atoms with Crippen molar-refractivity contribution in [1.29, 1.82) is 0 Å². The molecule has 2 bridgehead atoms. The zero-order chi connectivity index (χ0) is 9.53. The summed E-state index contributed by atoms with van der Waals surface area (Å²) in [6.45, 7) is 2.20. The number of rotatable bonds is 2. The number of esters is 1. The summed E-state index contributed by atoms with van der Waals surface area (Å²) in [4.78, 5) is 11.6. The first-order valence-corrected chi connectivity index (χ1v) is 4.96. The summed E-state index contributed by atoms with van der Waals surface area (Å²) in [7, 11) is 0. The van der Waals surface area contributed by atoms with Gasteiger partial charge in [0.05, 0.1) is 12.0 Å². The molecule has 0 unspecified atom stereocenters. The van der Waals surface area contributed by atoms with E-state index in [0.717, 1.165) is 0 Å². The lowest BCUT2D eigenvalue weighted by Gasteiger charge is -2.23. The number of carbonyl (C=O) groups is 1. The normalized spacial score (nSPS) is 42.3. The molecule has 2 saturated carbocycles. The van der Waals surface area contributed by atoms with Gasteiger partial charge in [-0.2, -0.15) is 0 Å². The van der Waals surface area contributed by atoms with E-state index in [1.54, 1.807) is 6.92 Å². The Labute approximate surface area is 77.5 Å². The van der Waals surface area contributed by atoms with Crippen LogP contribution in [0.3, 0.4) is 0 Å². The molecule has 0 N–H and O–H groups in total. The molecule has 0 aromatic carbocycles. The first-order valence-electron chi connectivity index (χ1n) is 4.96. The van der Waals surface area contributed by atoms with Crippen LogP contribution >= 0.6 is 0 Å². The van der Waals surface area contributed by atoms with Crippen LogP contribution < -0.4 is 0 Å². The predicted octanol–water partition coefficient (Wildman–Crippen LogP) is 2.22. The number of hydrogen-bond donors (Lipinski definition) is 0. The summed E-state index contributed by atoms with van der Waals surface area (Å²) in [6.07, 6.45) is 2.86. The topological polar surface area (TPSA) is 26.3 Å². The highest BCUT2D eigenvalue weighted by Crippen LogP contribution is 2.58. The van der Waals surface area contributed by atoms with Crippen molar-refractivity contribution in [2.45, 2.75) is 44.7 Å². The number of alkyl halides is 1. The molecule has 2 aliphatic rings. The van der Waals surface area contributed by atoms with Crippen LogP contribution in [0.2, 0.25) is 0 Å². The summed E-state index contributed by atoms with van der Waals surface area (Å²) in [5.74, 6) is -0.174. The Bertz CT molecular complexity index is 229. The monoisotopic (exact) mass is 186 g/mol. The molecular formula is C10H15FO2. The van der Waals surface area contributed by atoms with Gasteiger partial charge in [0.15, 0.2) is 0 Å². The highest BCUT2D eigenvalue weighted by Gasteiger charge is 2.59. The average Bonchev–Trinajstić information content (AvgIpc) is 2.59. The molecule has 0 atom stereocenters. The first kappa shape index (κ1) is 8.97. The van der Waals surface area contributed by atoms with Crippen molar-refractivity contribution >= 4 is 5.97 Å². The van der Waals surface area contributed by atoms with Crippen molar-refractivity contribution in [1.82, 2.24) is 0 Å². The summed E-state index contributed by atoms with van der Waals surface area (Å²) in [6, 6.07) is 0. The van der Waals surface area contributed by atoms with Gasteiger partial charge < -0.3 is 4.74 Å². The predicted molar refractivity (Wildman–Crippen MR) is 46.0 cm³/mol. The minimum Gasteiger partial charge on any atom is -0.466 e. The van der Waals surface area contributed by atoms with E-state index in [2.05, 4.69) is 0 Å². The number of carbonyl (C=O) groups excluding carboxylic acids is 1. The van der Waals surface area contributed by atoms with Crippen LogP contribution in [0.25, 0.3) is 0 Å². The fraction of sp³-hybridized carbons (Fsp3) is 0.900. The maximum absolute atomic E-state index is 13.7. The lowest BCUT2D eigenvalue weighted by Crippen LogP contribution is -2.28. The van der Waals surface area contributed by atoms with E-state index in [1.165, 1.54) is 0 Å². The van der Waals surface area contributed by atoms with Gasteiger partial charge in [-0.05, 0) is 39.0 Å². The van der Waals surface area contributed by atoms with Gasteiger partial charge in [0.25, 0.3) is 0 Å². The van der Waals surface area contributed by atoms with E-state index in [1.807, 2.05) is 0 Å². The fourth-order valence-electron chi connectivity index (χ4n) is 2.70. The Morgan fingerprint density at radius 3 is 2.38 bits per heavy atom. The molecule has 0 aromatic rings. The zero-order valence-corrected chi connectivity index (χ0v) is 7.94. The van der Waals surface area contributed by atoms with Crippen LogP contribution in [-0.4, -0.2) is 18.2 Å². The number of hydrogen-bond acceptors (Lipinski definition) is 2. The molecule has 0 saturated heterocycles. The molecular weight excluding hydrogens is 171 g/mol. The minimum atomic E-state index is -1.05. The van der Waals surface area contributed by atoms with Crippen LogP contribution in [0.5, 0.6) is 0 Å². The molecule has 13 heavy (non-hydrogen) atoms. The first-order chi connectivity index (χ1) is 6.10. The van der Waals surface area contributed by atoms with E-state index in [9.17, 15) is 9.18 Å². The minimum absolute atomic E-state index is 0.174. The number of ether oxygens (including phenoxy) is 1. The van der Waals surface area contributed by atoms with Crippen molar-refractivity contribution in [3.05, 3.63) is 0 Å². The third-order valence-electron chi connectivity index (χ3n) is 3.47. The van der Waals surface area contributed by atoms with Gasteiger partial charge in [0.1, 0.15) is 5.67 Å². The van der Waals surface area contributed by atoms with Crippen molar-refractivity contribution < 1.29 is 13.9 Å². The molecule has 2 aliphatic carbocycles. The summed E-state index contributed by atoms with van der Waals surface area (Å²) in [5.41, 5.74) is -1.50. The van der Waals surface area contributed by atoms with Gasteiger partial charge in [-0.3, -0.25) is 4.79 Å². The lowest BCUT2D eigenvalue weighted by atomic mass is 9.84. The molecule has 74 valence electrons. The second-order valence-corrected chi connectivity index (χ2v) is 4.33. The quantitative estimate of drug-likeness (QED) is 0.618. The van der Waals surface area contributed by atoms with Gasteiger partial charge >= 0.3 is 5.97 Å². The smallest absolute Gasteiger partial charge is 0.312 e. The van der Waals surface area contributed by atoms with E-state index in [0.29, 0.717) is 38.7 Å². The Hall–Kier alpha value is -0.600. The second kappa shape index (κ2) is 2.69. The molecule has 0 spiro atoms. The van der Waals surface area contributed by atoms with Crippen LogP contribution in [0.4, 0.5) is 4.39 Å². The molecule has 2 rings (SSSR count). The van der Waals surface area contributed by atoms with E-state index < -0.39 is 11.1 Å². The largest absolute Gasteiger partial charge is 0.466 e.